The standard InChI is InChI=1S/C21H25N5O3/c1-15-24-19(13-20(25-15)26-10-2-3-11-26)22-8-9-23-21(27)7-5-16-4-6-17-18(12-16)29-14-28-17/h4-7,12-13H,2-3,8-11,14H2,1H3,(H,23,27)(H,22,24,25)/b7-5+. The highest BCUT2D eigenvalue weighted by molar-refractivity contribution is 5.91. The summed E-state index contributed by atoms with van der Waals surface area (Å²) in [5, 5.41) is 6.12. The van der Waals surface area contributed by atoms with E-state index in [0.29, 0.717) is 18.8 Å². The van der Waals surface area contributed by atoms with Crippen molar-refractivity contribution in [2.75, 3.05) is 43.2 Å². The van der Waals surface area contributed by atoms with Gasteiger partial charge in [-0.05, 0) is 43.5 Å². The van der Waals surface area contributed by atoms with Crippen LogP contribution in [0.2, 0.25) is 0 Å². The molecule has 8 nitrogen and oxygen atoms in total. The molecule has 1 saturated heterocycles. The van der Waals surface area contributed by atoms with Crippen molar-refractivity contribution < 1.29 is 14.3 Å². The number of hydrogen-bond acceptors (Lipinski definition) is 7. The molecule has 0 unspecified atom stereocenters. The zero-order valence-corrected chi connectivity index (χ0v) is 16.5. The topological polar surface area (TPSA) is 88.6 Å². The Hall–Kier alpha value is -3.29. The molecular formula is C21H25N5O3. The van der Waals surface area contributed by atoms with Gasteiger partial charge in [0.15, 0.2) is 11.5 Å². The lowest BCUT2D eigenvalue weighted by molar-refractivity contribution is -0.116. The van der Waals surface area contributed by atoms with Crippen molar-refractivity contribution in [1.29, 1.82) is 0 Å². The second kappa shape index (κ2) is 8.81. The van der Waals surface area contributed by atoms with Crippen LogP contribution in [0.3, 0.4) is 0 Å². The van der Waals surface area contributed by atoms with E-state index in [1.54, 1.807) is 6.08 Å². The summed E-state index contributed by atoms with van der Waals surface area (Å²) in [7, 11) is 0. The van der Waals surface area contributed by atoms with Gasteiger partial charge in [0.1, 0.15) is 17.5 Å². The van der Waals surface area contributed by atoms with Crippen LogP contribution in [-0.2, 0) is 4.79 Å². The lowest BCUT2D eigenvalue weighted by Crippen LogP contribution is -2.27. The molecule has 1 amide bonds. The molecule has 4 rings (SSSR count). The fourth-order valence-corrected chi connectivity index (χ4v) is 3.37. The lowest BCUT2D eigenvalue weighted by atomic mass is 10.2. The van der Waals surface area contributed by atoms with Gasteiger partial charge in [0.05, 0.1) is 0 Å². The smallest absolute Gasteiger partial charge is 0.244 e. The third-order valence-corrected chi connectivity index (χ3v) is 4.81. The summed E-state index contributed by atoms with van der Waals surface area (Å²) in [5.74, 6) is 3.77. The second-order valence-electron chi connectivity index (χ2n) is 7.02. The molecule has 1 aromatic heterocycles. The Labute approximate surface area is 169 Å². The van der Waals surface area contributed by atoms with Crippen LogP contribution in [0.5, 0.6) is 11.5 Å². The normalized spacial score (nSPS) is 15.1. The molecule has 2 aliphatic rings. The number of nitrogens with one attached hydrogen (secondary N) is 2. The van der Waals surface area contributed by atoms with E-state index in [2.05, 4.69) is 25.5 Å². The summed E-state index contributed by atoms with van der Waals surface area (Å²) >= 11 is 0. The molecule has 29 heavy (non-hydrogen) atoms. The predicted molar refractivity (Wildman–Crippen MR) is 111 cm³/mol. The van der Waals surface area contributed by atoms with E-state index in [1.165, 1.54) is 18.9 Å². The van der Waals surface area contributed by atoms with Gasteiger partial charge in [-0.1, -0.05) is 6.07 Å². The number of carbonyl (C=O) groups is 1. The lowest BCUT2D eigenvalue weighted by Gasteiger charge is -2.17. The maximum absolute atomic E-state index is 12.0. The Balaban J connectivity index is 1.23. The fourth-order valence-electron chi connectivity index (χ4n) is 3.37. The van der Waals surface area contributed by atoms with E-state index < -0.39 is 0 Å². The minimum absolute atomic E-state index is 0.152. The Morgan fingerprint density at radius 1 is 1.14 bits per heavy atom. The van der Waals surface area contributed by atoms with Crippen LogP contribution >= 0.6 is 0 Å². The zero-order chi connectivity index (χ0) is 20.1. The quantitative estimate of drug-likeness (QED) is 0.550. The SMILES string of the molecule is Cc1nc(NCCNC(=O)/C=C/c2ccc3c(c2)OCO3)cc(N2CCCC2)n1. The molecule has 0 bridgehead atoms. The summed E-state index contributed by atoms with van der Waals surface area (Å²) in [6.45, 7) is 5.30. The number of amides is 1. The summed E-state index contributed by atoms with van der Waals surface area (Å²) in [5.41, 5.74) is 0.883. The summed E-state index contributed by atoms with van der Waals surface area (Å²) in [6, 6.07) is 7.54. The maximum Gasteiger partial charge on any atom is 0.244 e. The van der Waals surface area contributed by atoms with E-state index in [1.807, 2.05) is 31.2 Å². The van der Waals surface area contributed by atoms with Crippen molar-refractivity contribution >= 4 is 23.6 Å². The molecule has 2 aliphatic heterocycles. The highest BCUT2D eigenvalue weighted by Gasteiger charge is 2.15. The summed E-state index contributed by atoms with van der Waals surface area (Å²) in [4.78, 5) is 23.3. The minimum Gasteiger partial charge on any atom is -0.454 e. The highest BCUT2D eigenvalue weighted by atomic mass is 16.7. The number of rotatable bonds is 7. The highest BCUT2D eigenvalue weighted by Crippen LogP contribution is 2.32. The molecule has 0 saturated carbocycles. The molecule has 152 valence electrons. The molecule has 0 radical (unpaired) electrons. The monoisotopic (exact) mass is 395 g/mol. The van der Waals surface area contributed by atoms with Gasteiger partial charge in [0, 0.05) is 38.3 Å². The molecule has 1 aromatic carbocycles. The molecule has 0 spiro atoms. The first-order chi connectivity index (χ1) is 14.2. The molecule has 8 heteroatoms. The number of aryl methyl sites for hydroxylation is 1. The van der Waals surface area contributed by atoms with Crippen molar-refractivity contribution in [3.8, 4) is 11.5 Å². The number of aromatic nitrogens is 2. The van der Waals surface area contributed by atoms with Crippen LogP contribution in [0.15, 0.2) is 30.3 Å². The van der Waals surface area contributed by atoms with Crippen molar-refractivity contribution in [3.05, 3.63) is 41.7 Å². The van der Waals surface area contributed by atoms with Gasteiger partial charge < -0.3 is 25.0 Å². The van der Waals surface area contributed by atoms with Crippen molar-refractivity contribution in [3.63, 3.8) is 0 Å². The number of carbonyl (C=O) groups excluding carboxylic acids is 1. The Morgan fingerprint density at radius 3 is 2.83 bits per heavy atom. The minimum atomic E-state index is -0.152. The Morgan fingerprint density at radius 2 is 1.97 bits per heavy atom. The van der Waals surface area contributed by atoms with E-state index in [4.69, 9.17) is 9.47 Å². The molecule has 0 atom stereocenters. The Kier molecular flexibility index (Phi) is 5.79. The molecular weight excluding hydrogens is 370 g/mol. The molecule has 1 fully saturated rings. The van der Waals surface area contributed by atoms with Crippen LogP contribution in [0, 0.1) is 6.92 Å². The molecule has 0 aliphatic carbocycles. The third-order valence-electron chi connectivity index (χ3n) is 4.81. The number of anilines is 2. The van der Waals surface area contributed by atoms with Crippen LogP contribution in [0.1, 0.15) is 24.2 Å². The van der Waals surface area contributed by atoms with E-state index >= 15 is 0 Å². The fraction of sp³-hybridized carbons (Fsp3) is 0.381. The predicted octanol–water partition coefficient (Wildman–Crippen LogP) is 2.36. The summed E-state index contributed by atoms with van der Waals surface area (Å²) < 4.78 is 10.6. The van der Waals surface area contributed by atoms with Gasteiger partial charge in [-0.15, -0.1) is 0 Å². The van der Waals surface area contributed by atoms with Crippen molar-refractivity contribution in [2.24, 2.45) is 0 Å². The number of nitrogens with zero attached hydrogens (tertiary/aromatic N) is 3. The van der Waals surface area contributed by atoms with Gasteiger partial charge in [-0.25, -0.2) is 9.97 Å². The first-order valence-corrected chi connectivity index (χ1v) is 9.87. The average Bonchev–Trinajstić information content (AvgIpc) is 3.40. The number of fused-ring (bicyclic) bond motifs is 1. The molecule has 2 aromatic rings. The van der Waals surface area contributed by atoms with E-state index in [-0.39, 0.29) is 12.7 Å². The number of hydrogen-bond donors (Lipinski definition) is 2. The largest absolute Gasteiger partial charge is 0.454 e. The van der Waals surface area contributed by atoms with Gasteiger partial charge in [0.25, 0.3) is 0 Å². The van der Waals surface area contributed by atoms with Crippen LogP contribution in [0.25, 0.3) is 6.08 Å². The average molecular weight is 395 g/mol. The van der Waals surface area contributed by atoms with Gasteiger partial charge in [-0.2, -0.15) is 0 Å². The van der Waals surface area contributed by atoms with Crippen LogP contribution in [-0.4, -0.2) is 48.8 Å². The van der Waals surface area contributed by atoms with Gasteiger partial charge >= 0.3 is 0 Å². The summed E-state index contributed by atoms with van der Waals surface area (Å²) in [6.07, 6.45) is 5.67. The number of ether oxygens (including phenoxy) is 2. The molecule has 2 N–H and O–H groups in total. The van der Waals surface area contributed by atoms with Gasteiger partial charge in [-0.3, -0.25) is 4.79 Å². The van der Waals surface area contributed by atoms with Crippen molar-refractivity contribution in [1.82, 2.24) is 15.3 Å². The third kappa shape index (κ3) is 4.96. The van der Waals surface area contributed by atoms with E-state index in [0.717, 1.165) is 41.9 Å². The first kappa shape index (κ1) is 19.0. The first-order valence-electron chi connectivity index (χ1n) is 9.87. The van der Waals surface area contributed by atoms with Crippen LogP contribution < -0.4 is 25.0 Å². The van der Waals surface area contributed by atoms with Gasteiger partial charge in [0.2, 0.25) is 12.7 Å². The number of benzene rings is 1. The maximum atomic E-state index is 12.0. The van der Waals surface area contributed by atoms with E-state index in [9.17, 15) is 4.79 Å². The zero-order valence-electron chi connectivity index (χ0n) is 16.5. The Bertz CT molecular complexity index is 909. The second-order valence-corrected chi connectivity index (χ2v) is 7.02. The van der Waals surface area contributed by atoms with Crippen molar-refractivity contribution in [2.45, 2.75) is 19.8 Å². The van der Waals surface area contributed by atoms with Crippen LogP contribution in [0.4, 0.5) is 11.6 Å². The molecule has 3 heterocycles.